The number of hydrogen-bond donors (Lipinski definition) is 1. The van der Waals surface area contributed by atoms with E-state index in [2.05, 4.69) is 9.89 Å². The first-order valence-electron chi connectivity index (χ1n) is 5.98. The summed E-state index contributed by atoms with van der Waals surface area (Å²) in [5, 5.41) is 12.9. The molecule has 0 spiro atoms. The summed E-state index contributed by atoms with van der Waals surface area (Å²) in [5.41, 5.74) is 1.82. The summed E-state index contributed by atoms with van der Waals surface area (Å²) in [6.45, 7) is 3.31. The summed E-state index contributed by atoms with van der Waals surface area (Å²) in [7, 11) is 1.30. The molecule has 1 N–H and O–H groups in total. The van der Waals surface area contributed by atoms with E-state index in [9.17, 15) is 4.79 Å². The quantitative estimate of drug-likeness (QED) is 0.402. The first-order chi connectivity index (χ1) is 9.56. The molecule has 6 heteroatoms. The van der Waals surface area contributed by atoms with Gasteiger partial charge in [-0.1, -0.05) is 5.16 Å². The van der Waals surface area contributed by atoms with Crippen molar-refractivity contribution < 1.29 is 23.9 Å². The lowest BCUT2D eigenvalue weighted by Gasteiger charge is -2.04. The number of fused-ring (bicyclic) bond motifs is 1. The summed E-state index contributed by atoms with van der Waals surface area (Å²) in [5.74, 6) is 0.706. The minimum Gasteiger partial charge on any atom is -0.482 e. The highest BCUT2D eigenvalue weighted by molar-refractivity contribution is 6.10. The van der Waals surface area contributed by atoms with Crippen molar-refractivity contribution in [2.75, 3.05) is 13.7 Å². The Bertz CT molecular complexity index is 671. The van der Waals surface area contributed by atoms with Crippen molar-refractivity contribution in [1.29, 1.82) is 0 Å². The monoisotopic (exact) mass is 277 g/mol. The molecule has 0 aliphatic carbocycles. The number of benzene rings is 1. The minimum atomic E-state index is -0.457. The first kappa shape index (κ1) is 13.9. The fourth-order valence-electron chi connectivity index (χ4n) is 1.99. The molecule has 1 aromatic heterocycles. The van der Waals surface area contributed by atoms with Crippen molar-refractivity contribution in [2.24, 2.45) is 5.16 Å². The van der Waals surface area contributed by atoms with Crippen molar-refractivity contribution in [3.8, 4) is 5.75 Å². The average molecular weight is 277 g/mol. The highest BCUT2D eigenvalue weighted by atomic mass is 16.6. The fourth-order valence-corrected chi connectivity index (χ4v) is 1.99. The maximum absolute atomic E-state index is 11.1. The number of esters is 1. The van der Waals surface area contributed by atoms with Gasteiger partial charge in [-0.15, -0.1) is 0 Å². The van der Waals surface area contributed by atoms with Gasteiger partial charge >= 0.3 is 5.97 Å². The van der Waals surface area contributed by atoms with E-state index >= 15 is 0 Å². The van der Waals surface area contributed by atoms with Gasteiger partial charge in [-0.25, -0.2) is 4.79 Å². The molecule has 106 valence electrons. The Morgan fingerprint density at radius 2 is 2.20 bits per heavy atom. The van der Waals surface area contributed by atoms with Crippen molar-refractivity contribution in [1.82, 2.24) is 0 Å². The van der Waals surface area contributed by atoms with Crippen LogP contribution in [-0.4, -0.2) is 30.6 Å². The third kappa shape index (κ3) is 2.59. The number of carbonyl (C=O) groups is 1. The van der Waals surface area contributed by atoms with Gasteiger partial charge in [0.1, 0.15) is 17.1 Å². The number of ether oxygens (including phenoxy) is 2. The molecule has 0 saturated carbocycles. The van der Waals surface area contributed by atoms with Crippen molar-refractivity contribution >= 4 is 22.7 Å². The number of hydrogen-bond acceptors (Lipinski definition) is 6. The minimum absolute atomic E-state index is 0.165. The van der Waals surface area contributed by atoms with Gasteiger partial charge in [0, 0.05) is 10.9 Å². The third-order valence-electron chi connectivity index (χ3n) is 2.93. The van der Waals surface area contributed by atoms with Crippen LogP contribution in [-0.2, 0) is 9.53 Å². The van der Waals surface area contributed by atoms with Crippen LogP contribution in [0.2, 0.25) is 0 Å². The van der Waals surface area contributed by atoms with Gasteiger partial charge in [-0.3, -0.25) is 0 Å². The molecule has 2 aromatic rings. The van der Waals surface area contributed by atoms with Crippen LogP contribution in [0.5, 0.6) is 5.75 Å². The Balaban J connectivity index is 2.39. The number of rotatable bonds is 4. The molecule has 0 radical (unpaired) electrons. The maximum Gasteiger partial charge on any atom is 0.343 e. The Morgan fingerprint density at radius 3 is 2.85 bits per heavy atom. The molecule has 20 heavy (non-hydrogen) atoms. The summed E-state index contributed by atoms with van der Waals surface area (Å²) >= 11 is 0. The highest BCUT2D eigenvalue weighted by Crippen LogP contribution is 2.29. The van der Waals surface area contributed by atoms with Gasteiger partial charge in [-0.05, 0) is 32.0 Å². The van der Waals surface area contributed by atoms with Gasteiger partial charge in [-0.2, -0.15) is 0 Å². The molecule has 0 bridgehead atoms. The second-order valence-corrected chi connectivity index (χ2v) is 4.24. The lowest BCUT2D eigenvalue weighted by atomic mass is 10.1. The number of aryl methyl sites for hydroxylation is 1. The summed E-state index contributed by atoms with van der Waals surface area (Å²) in [4.78, 5) is 11.1. The van der Waals surface area contributed by atoms with Crippen LogP contribution in [0.25, 0.3) is 11.0 Å². The van der Waals surface area contributed by atoms with E-state index < -0.39 is 5.97 Å². The molecule has 0 fully saturated rings. The second kappa shape index (κ2) is 5.64. The zero-order chi connectivity index (χ0) is 14.7. The standard InChI is InChI=1S/C14H15NO5/c1-8(15-17)14-9(2)20-12-5-4-10(6-11(12)14)19-7-13(16)18-3/h4-6,17H,7H2,1-3H3. The van der Waals surface area contributed by atoms with Crippen LogP contribution in [0.4, 0.5) is 0 Å². The molecular formula is C14H15NO5. The molecule has 0 saturated heterocycles. The highest BCUT2D eigenvalue weighted by Gasteiger charge is 2.15. The van der Waals surface area contributed by atoms with Crippen LogP contribution < -0.4 is 4.74 Å². The zero-order valence-corrected chi connectivity index (χ0v) is 11.5. The fraction of sp³-hybridized carbons (Fsp3) is 0.286. The zero-order valence-electron chi connectivity index (χ0n) is 11.5. The Morgan fingerprint density at radius 1 is 1.45 bits per heavy atom. The molecular weight excluding hydrogens is 262 g/mol. The molecule has 0 amide bonds. The van der Waals surface area contributed by atoms with Crippen LogP contribution in [0.15, 0.2) is 27.8 Å². The Hall–Kier alpha value is -2.50. The van der Waals surface area contributed by atoms with Crippen LogP contribution >= 0.6 is 0 Å². The summed E-state index contributed by atoms with van der Waals surface area (Å²) in [6.07, 6.45) is 0. The second-order valence-electron chi connectivity index (χ2n) is 4.24. The van der Waals surface area contributed by atoms with E-state index in [1.807, 2.05) is 0 Å². The number of oxime groups is 1. The predicted octanol–water partition coefficient (Wildman–Crippen LogP) is 2.49. The Labute approximate surface area is 115 Å². The molecule has 2 rings (SSSR count). The number of carbonyl (C=O) groups excluding carboxylic acids is 1. The summed E-state index contributed by atoms with van der Waals surface area (Å²) in [6, 6.07) is 5.17. The van der Waals surface area contributed by atoms with E-state index in [0.29, 0.717) is 28.4 Å². The van der Waals surface area contributed by atoms with Gasteiger partial charge in [0.25, 0.3) is 0 Å². The molecule has 0 aliphatic heterocycles. The molecule has 1 aromatic carbocycles. The molecule has 0 aliphatic rings. The molecule has 0 unspecified atom stereocenters. The SMILES string of the molecule is COC(=O)COc1ccc2oc(C)c(C(C)=NO)c2c1. The van der Waals surface area contributed by atoms with Gasteiger partial charge in [0.05, 0.1) is 12.8 Å². The lowest BCUT2D eigenvalue weighted by molar-refractivity contribution is -0.142. The normalized spacial score (nSPS) is 11.7. The number of nitrogens with zero attached hydrogens (tertiary/aromatic N) is 1. The average Bonchev–Trinajstić information content (AvgIpc) is 2.79. The van der Waals surface area contributed by atoms with E-state index in [1.54, 1.807) is 32.0 Å². The van der Waals surface area contributed by atoms with E-state index in [4.69, 9.17) is 14.4 Å². The van der Waals surface area contributed by atoms with Crippen LogP contribution in [0.1, 0.15) is 18.2 Å². The predicted molar refractivity (Wildman–Crippen MR) is 72.5 cm³/mol. The van der Waals surface area contributed by atoms with E-state index in [1.165, 1.54) is 7.11 Å². The lowest BCUT2D eigenvalue weighted by Crippen LogP contribution is -2.12. The van der Waals surface area contributed by atoms with E-state index in [0.717, 1.165) is 5.39 Å². The van der Waals surface area contributed by atoms with Crippen molar-refractivity contribution in [2.45, 2.75) is 13.8 Å². The maximum atomic E-state index is 11.1. The van der Waals surface area contributed by atoms with Crippen LogP contribution in [0.3, 0.4) is 0 Å². The largest absolute Gasteiger partial charge is 0.482 e. The van der Waals surface area contributed by atoms with Gasteiger partial charge < -0.3 is 19.1 Å². The molecule has 6 nitrogen and oxygen atoms in total. The Kier molecular flexibility index (Phi) is 3.93. The van der Waals surface area contributed by atoms with Gasteiger partial charge in [0.15, 0.2) is 6.61 Å². The van der Waals surface area contributed by atoms with E-state index in [-0.39, 0.29) is 6.61 Å². The van der Waals surface area contributed by atoms with Crippen molar-refractivity contribution in [3.05, 3.63) is 29.5 Å². The topological polar surface area (TPSA) is 81.3 Å². The number of furan rings is 1. The summed E-state index contributed by atoms with van der Waals surface area (Å²) < 4.78 is 15.4. The van der Waals surface area contributed by atoms with Gasteiger partial charge in [0.2, 0.25) is 0 Å². The molecule has 1 heterocycles. The van der Waals surface area contributed by atoms with Crippen molar-refractivity contribution in [3.63, 3.8) is 0 Å². The van der Waals surface area contributed by atoms with Crippen LogP contribution in [0, 0.1) is 6.92 Å². The number of methoxy groups -OCH3 is 1. The smallest absolute Gasteiger partial charge is 0.343 e. The third-order valence-corrected chi connectivity index (χ3v) is 2.93. The first-order valence-corrected chi connectivity index (χ1v) is 5.98. The molecule has 0 atom stereocenters.